The minimum absolute atomic E-state index is 0.198. The van der Waals surface area contributed by atoms with Crippen LogP contribution in [0.1, 0.15) is 39.2 Å². The van der Waals surface area contributed by atoms with Gasteiger partial charge in [-0.1, -0.05) is 13.3 Å². The number of H-pyrrole nitrogens is 1. The van der Waals surface area contributed by atoms with Crippen LogP contribution < -0.4 is 11.2 Å². The summed E-state index contributed by atoms with van der Waals surface area (Å²) >= 11 is 0. The minimum atomic E-state index is -0.631. The van der Waals surface area contributed by atoms with Gasteiger partial charge < -0.3 is 9.84 Å². The van der Waals surface area contributed by atoms with Crippen molar-refractivity contribution in [3.05, 3.63) is 26.4 Å². The predicted octanol–water partition coefficient (Wildman–Crippen LogP) is 0.719. The summed E-state index contributed by atoms with van der Waals surface area (Å²) in [6, 6.07) is 0. The molecule has 2 unspecified atom stereocenters. The molecule has 2 heterocycles. The monoisotopic (exact) mass is 268 g/mol. The Kier molecular flexibility index (Phi) is 3.54. The molecule has 1 aliphatic heterocycles. The summed E-state index contributed by atoms with van der Waals surface area (Å²) in [6.45, 7) is 6.17. The fraction of sp³-hybridized carbons (Fsp3) is 0.692. The van der Waals surface area contributed by atoms with Crippen LogP contribution in [-0.2, 0) is 16.7 Å². The molecule has 2 rings (SSSR count). The van der Waals surface area contributed by atoms with E-state index in [1.165, 1.54) is 4.57 Å². The van der Waals surface area contributed by atoms with Gasteiger partial charge in [0.1, 0.15) is 0 Å². The number of nitrogens with zero attached hydrogens (tertiary/aromatic N) is 1. The van der Waals surface area contributed by atoms with Gasteiger partial charge in [0.25, 0.3) is 5.56 Å². The highest BCUT2D eigenvalue weighted by molar-refractivity contribution is 5.25. The molecule has 6 heteroatoms. The van der Waals surface area contributed by atoms with E-state index in [1.807, 2.05) is 20.8 Å². The molecule has 1 aromatic heterocycles. The van der Waals surface area contributed by atoms with Crippen LogP contribution in [0, 0.1) is 0 Å². The van der Waals surface area contributed by atoms with E-state index in [0.717, 1.165) is 6.42 Å². The van der Waals surface area contributed by atoms with Crippen LogP contribution in [0.2, 0.25) is 0 Å². The molecule has 0 spiro atoms. The van der Waals surface area contributed by atoms with Gasteiger partial charge >= 0.3 is 5.69 Å². The molecule has 1 aliphatic rings. The SMILES string of the molecule is CCCc1c(O)n(C2(C)CCOC2C)c(=O)[nH]c1=O. The normalized spacial score (nSPS) is 26.8. The molecular weight excluding hydrogens is 248 g/mol. The van der Waals surface area contributed by atoms with Crippen LogP contribution in [0.5, 0.6) is 5.88 Å². The highest BCUT2D eigenvalue weighted by atomic mass is 16.5. The Morgan fingerprint density at radius 1 is 1.53 bits per heavy atom. The van der Waals surface area contributed by atoms with Crippen molar-refractivity contribution in [2.75, 3.05) is 6.61 Å². The quantitative estimate of drug-likeness (QED) is 0.846. The number of aromatic nitrogens is 2. The first kappa shape index (κ1) is 13.9. The lowest BCUT2D eigenvalue weighted by molar-refractivity contribution is 0.0699. The van der Waals surface area contributed by atoms with Crippen molar-refractivity contribution in [3.63, 3.8) is 0 Å². The highest BCUT2D eigenvalue weighted by Crippen LogP contribution is 2.34. The largest absolute Gasteiger partial charge is 0.494 e. The lowest BCUT2D eigenvalue weighted by atomic mass is 9.94. The molecule has 19 heavy (non-hydrogen) atoms. The van der Waals surface area contributed by atoms with Crippen LogP contribution in [0.3, 0.4) is 0 Å². The van der Waals surface area contributed by atoms with Crippen LogP contribution in [-0.4, -0.2) is 27.4 Å². The number of hydrogen-bond acceptors (Lipinski definition) is 4. The summed E-state index contributed by atoms with van der Waals surface area (Å²) in [4.78, 5) is 26.1. The third-order valence-corrected chi connectivity index (χ3v) is 4.04. The summed E-state index contributed by atoms with van der Waals surface area (Å²) in [5.41, 5.74) is -1.45. The van der Waals surface area contributed by atoms with E-state index in [-0.39, 0.29) is 17.5 Å². The third kappa shape index (κ3) is 2.10. The molecule has 1 saturated heterocycles. The minimum Gasteiger partial charge on any atom is -0.494 e. The number of aromatic hydroxyl groups is 1. The van der Waals surface area contributed by atoms with Crippen molar-refractivity contribution in [2.24, 2.45) is 0 Å². The van der Waals surface area contributed by atoms with E-state index in [1.54, 1.807) is 0 Å². The second-order valence-corrected chi connectivity index (χ2v) is 5.27. The zero-order chi connectivity index (χ0) is 14.2. The molecule has 106 valence electrons. The fourth-order valence-electron chi connectivity index (χ4n) is 2.63. The molecule has 0 aliphatic carbocycles. The van der Waals surface area contributed by atoms with Gasteiger partial charge in [-0.2, -0.15) is 0 Å². The lowest BCUT2D eigenvalue weighted by Gasteiger charge is -2.31. The summed E-state index contributed by atoms with van der Waals surface area (Å²) in [6.07, 6.45) is 1.58. The molecule has 2 atom stereocenters. The van der Waals surface area contributed by atoms with Crippen LogP contribution in [0.15, 0.2) is 9.59 Å². The Morgan fingerprint density at radius 3 is 2.74 bits per heavy atom. The van der Waals surface area contributed by atoms with E-state index in [9.17, 15) is 14.7 Å². The van der Waals surface area contributed by atoms with Gasteiger partial charge in [0.2, 0.25) is 5.88 Å². The predicted molar refractivity (Wildman–Crippen MR) is 70.7 cm³/mol. The summed E-state index contributed by atoms with van der Waals surface area (Å²) in [5, 5.41) is 10.3. The van der Waals surface area contributed by atoms with Gasteiger partial charge in [0.15, 0.2) is 0 Å². The number of rotatable bonds is 3. The smallest absolute Gasteiger partial charge is 0.331 e. The molecule has 6 nitrogen and oxygen atoms in total. The maximum absolute atomic E-state index is 12.0. The maximum Gasteiger partial charge on any atom is 0.331 e. The van der Waals surface area contributed by atoms with E-state index < -0.39 is 16.8 Å². The standard InChI is InChI=1S/C13H20N2O4/c1-4-5-9-10(16)14-12(18)15(11(9)17)13(3)6-7-19-8(13)2/h8,17H,4-7H2,1-3H3,(H,14,16,18). The van der Waals surface area contributed by atoms with E-state index >= 15 is 0 Å². The van der Waals surface area contributed by atoms with Gasteiger partial charge in [0.05, 0.1) is 17.2 Å². The molecule has 0 radical (unpaired) electrons. The molecule has 0 amide bonds. The Labute approximate surface area is 111 Å². The highest BCUT2D eigenvalue weighted by Gasteiger charge is 2.41. The second kappa shape index (κ2) is 4.85. The first-order valence-corrected chi connectivity index (χ1v) is 6.61. The van der Waals surface area contributed by atoms with Crippen molar-refractivity contribution >= 4 is 0 Å². The van der Waals surface area contributed by atoms with Crippen LogP contribution in [0.25, 0.3) is 0 Å². The van der Waals surface area contributed by atoms with Crippen molar-refractivity contribution in [1.82, 2.24) is 9.55 Å². The molecule has 1 fully saturated rings. The van der Waals surface area contributed by atoms with Gasteiger partial charge in [-0.3, -0.25) is 14.3 Å². The zero-order valence-electron chi connectivity index (χ0n) is 11.5. The summed E-state index contributed by atoms with van der Waals surface area (Å²) < 4.78 is 6.77. The van der Waals surface area contributed by atoms with E-state index in [0.29, 0.717) is 19.4 Å². The summed E-state index contributed by atoms with van der Waals surface area (Å²) in [7, 11) is 0. The average molecular weight is 268 g/mol. The van der Waals surface area contributed by atoms with Gasteiger partial charge in [-0.15, -0.1) is 0 Å². The molecule has 2 N–H and O–H groups in total. The number of hydrogen-bond donors (Lipinski definition) is 2. The van der Waals surface area contributed by atoms with E-state index in [4.69, 9.17) is 4.74 Å². The molecular formula is C13H20N2O4. The van der Waals surface area contributed by atoms with Crippen molar-refractivity contribution in [1.29, 1.82) is 0 Å². The lowest BCUT2D eigenvalue weighted by Crippen LogP contribution is -2.46. The number of nitrogens with one attached hydrogen (secondary N) is 1. The van der Waals surface area contributed by atoms with Gasteiger partial charge in [0, 0.05) is 6.61 Å². The Hall–Kier alpha value is -1.56. The Bertz CT molecular complexity index is 589. The van der Waals surface area contributed by atoms with Crippen LogP contribution >= 0.6 is 0 Å². The van der Waals surface area contributed by atoms with Crippen molar-refractivity contribution < 1.29 is 9.84 Å². The number of aromatic amines is 1. The summed E-state index contributed by atoms with van der Waals surface area (Å²) in [5.74, 6) is -0.226. The van der Waals surface area contributed by atoms with Crippen molar-refractivity contribution in [3.8, 4) is 5.88 Å². The van der Waals surface area contributed by atoms with E-state index in [2.05, 4.69) is 4.98 Å². The topological polar surface area (TPSA) is 84.3 Å². The second-order valence-electron chi connectivity index (χ2n) is 5.27. The van der Waals surface area contributed by atoms with Crippen molar-refractivity contribution in [2.45, 2.75) is 51.7 Å². The molecule has 1 aromatic rings. The first-order chi connectivity index (χ1) is 8.91. The van der Waals surface area contributed by atoms with Crippen LogP contribution in [0.4, 0.5) is 0 Å². The molecule has 0 saturated carbocycles. The average Bonchev–Trinajstić information content (AvgIpc) is 2.65. The first-order valence-electron chi connectivity index (χ1n) is 6.61. The molecule has 0 aromatic carbocycles. The van der Waals surface area contributed by atoms with Gasteiger partial charge in [-0.05, 0) is 26.7 Å². The fourth-order valence-corrected chi connectivity index (χ4v) is 2.63. The Morgan fingerprint density at radius 2 is 2.21 bits per heavy atom. The maximum atomic E-state index is 12.0. The molecule has 0 bridgehead atoms. The zero-order valence-corrected chi connectivity index (χ0v) is 11.5. The van der Waals surface area contributed by atoms with Gasteiger partial charge in [-0.25, -0.2) is 4.79 Å². The number of ether oxygens (including phenoxy) is 1. The Balaban J connectivity index is 2.67. The third-order valence-electron chi connectivity index (χ3n) is 4.04.